The van der Waals surface area contributed by atoms with Gasteiger partial charge in [0.1, 0.15) is 23.8 Å². The minimum Gasteiger partial charge on any atom is -0.480 e. The Labute approximate surface area is 198 Å². The van der Waals surface area contributed by atoms with Gasteiger partial charge in [0.15, 0.2) is 0 Å². The molecule has 5 rings (SSSR count). The van der Waals surface area contributed by atoms with Gasteiger partial charge in [0, 0.05) is 11.3 Å². The summed E-state index contributed by atoms with van der Waals surface area (Å²) >= 11 is 0. The molecule has 1 fully saturated rings. The van der Waals surface area contributed by atoms with Crippen LogP contribution in [-0.2, 0) is 4.79 Å². The first-order chi connectivity index (χ1) is 16.7. The summed E-state index contributed by atoms with van der Waals surface area (Å²) in [5, 5.41) is 10.0. The molecule has 3 aromatic rings. The number of fused-ring (bicyclic) bond motifs is 1. The third-order valence-corrected chi connectivity index (χ3v) is 6.47. The van der Waals surface area contributed by atoms with Crippen LogP contribution in [0.5, 0.6) is 5.88 Å². The van der Waals surface area contributed by atoms with Crippen LogP contribution < -0.4 is 20.7 Å². The fourth-order valence-electron chi connectivity index (χ4n) is 4.75. The topological polar surface area (TPSA) is 101 Å². The average molecular weight is 457 g/mol. The quantitative estimate of drug-likeness (QED) is 0.481. The molecule has 2 aromatic heterocycles. The van der Waals surface area contributed by atoms with Crippen molar-refractivity contribution in [1.82, 2.24) is 25.6 Å². The molecule has 4 heterocycles. The standard InChI is InChI=1S/C26H28N6O2/c1-16-11-19(3-4-20(16)17-5-8-27-9-6-17)30-26-25-18(7-10-29-23(25)15-33)12-21(32-26)22-13-28-14-24(31-22)34-2/h3-4,7,10-15,17,23,27,29H,5-6,8-9H2,1-2H3,(H,30,32). The largest absolute Gasteiger partial charge is 0.480 e. The van der Waals surface area contributed by atoms with Crippen molar-refractivity contribution in [3.05, 3.63) is 65.1 Å². The van der Waals surface area contributed by atoms with Gasteiger partial charge in [-0.2, -0.15) is 0 Å². The van der Waals surface area contributed by atoms with E-state index in [4.69, 9.17) is 9.72 Å². The Bertz CT molecular complexity index is 1240. The highest BCUT2D eigenvalue weighted by Gasteiger charge is 2.24. The number of pyridine rings is 1. The van der Waals surface area contributed by atoms with Crippen LogP contribution in [-0.4, -0.2) is 41.4 Å². The van der Waals surface area contributed by atoms with Gasteiger partial charge in [-0.1, -0.05) is 6.07 Å². The number of hydrogen-bond acceptors (Lipinski definition) is 8. The lowest BCUT2D eigenvalue weighted by molar-refractivity contribution is -0.109. The third kappa shape index (κ3) is 4.36. The van der Waals surface area contributed by atoms with Crippen LogP contribution in [0, 0.1) is 6.92 Å². The molecule has 2 aliphatic heterocycles. The number of rotatable bonds is 6. The molecular formula is C26H28N6O2. The Hall–Kier alpha value is -3.78. The van der Waals surface area contributed by atoms with Gasteiger partial charge in [0.2, 0.25) is 5.88 Å². The molecule has 1 aromatic carbocycles. The average Bonchev–Trinajstić information content (AvgIpc) is 2.88. The lowest BCUT2D eigenvalue weighted by Gasteiger charge is -2.25. The Morgan fingerprint density at radius 3 is 2.74 bits per heavy atom. The number of aryl methyl sites for hydroxylation is 1. The first-order valence-electron chi connectivity index (χ1n) is 11.5. The predicted molar refractivity (Wildman–Crippen MR) is 132 cm³/mol. The predicted octanol–water partition coefficient (Wildman–Crippen LogP) is 3.88. The zero-order valence-corrected chi connectivity index (χ0v) is 19.3. The summed E-state index contributed by atoms with van der Waals surface area (Å²) in [7, 11) is 1.56. The third-order valence-electron chi connectivity index (χ3n) is 6.47. The smallest absolute Gasteiger partial charge is 0.232 e. The van der Waals surface area contributed by atoms with Gasteiger partial charge in [-0.05, 0) is 85.9 Å². The molecule has 1 saturated heterocycles. The molecule has 8 nitrogen and oxygen atoms in total. The number of carbonyl (C=O) groups excluding carboxylic acids is 1. The van der Waals surface area contributed by atoms with E-state index in [1.807, 2.05) is 12.1 Å². The van der Waals surface area contributed by atoms with E-state index in [1.165, 1.54) is 11.1 Å². The zero-order valence-electron chi connectivity index (χ0n) is 19.3. The van der Waals surface area contributed by atoms with Crippen LogP contribution >= 0.6 is 0 Å². The Morgan fingerprint density at radius 1 is 1.12 bits per heavy atom. The molecule has 3 N–H and O–H groups in total. The van der Waals surface area contributed by atoms with Gasteiger partial charge in [-0.3, -0.25) is 4.98 Å². The summed E-state index contributed by atoms with van der Waals surface area (Å²) in [5.74, 6) is 1.61. The van der Waals surface area contributed by atoms with Gasteiger partial charge in [0.25, 0.3) is 0 Å². The highest BCUT2D eigenvalue weighted by molar-refractivity contribution is 5.79. The van der Waals surface area contributed by atoms with Crippen molar-refractivity contribution < 1.29 is 9.53 Å². The van der Waals surface area contributed by atoms with E-state index in [2.05, 4.69) is 51.0 Å². The maximum absolute atomic E-state index is 11.8. The van der Waals surface area contributed by atoms with E-state index in [0.717, 1.165) is 49.0 Å². The number of hydrogen-bond donors (Lipinski definition) is 3. The van der Waals surface area contributed by atoms with Gasteiger partial charge in [-0.25, -0.2) is 9.97 Å². The molecule has 0 bridgehead atoms. The van der Waals surface area contributed by atoms with E-state index in [9.17, 15) is 4.79 Å². The van der Waals surface area contributed by atoms with Crippen molar-refractivity contribution in [2.24, 2.45) is 0 Å². The van der Waals surface area contributed by atoms with Gasteiger partial charge in [0.05, 0.1) is 25.2 Å². The van der Waals surface area contributed by atoms with Crippen molar-refractivity contribution in [3.8, 4) is 17.3 Å². The number of aldehydes is 1. The lowest BCUT2D eigenvalue weighted by atomic mass is 9.87. The van der Waals surface area contributed by atoms with Crippen LogP contribution in [0.3, 0.4) is 0 Å². The number of carbonyl (C=O) groups is 1. The fraction of sp³-hybridized carbons (Fsp3) is 0.308. The lowest BCUT2D eigenvalue weighted by Crippen LogP contribution is -2.26. The monoisotopic (exact) mass is 456 g/mol. The van der Waals surface area contributed by atoms with E-state index >= 15 is 0 Å². The summed E-state index contributed by atoms with van der Waals surface area (Å²) in [5.41, 5.74) is 6.53. The number of methoxy groups -OCH3 is 1. The highest BCUT2D eigenvalue weighted by Crippen LogP contribution is 2.35. The van der Waals surface area contributed by atoms with Gasteiger partial charge < -0.3 is 25.5 Å². The van der Waals surface area contributed by atoms with Crippen molar-refractivity contribution in [2.75, 3.05) is 25.5 Å². The normalized spacial score (nSPS) is 17.5. The van der Waals surface area contributed by atoms with Crippen molar-refractivity contribution in [1.29, 1.82) is 0 Å². The second-order valence-corrected chi connectivity index (χ2v) is 8.64. The van der Waals surface area contributed by atoms with Crippen molar-refractivity contribution >= 4 is 23.9 Å². The number of ether oxygens (including phenoxy) is 1. The maximum Gasteiger partial charge on any atom is 0.232 e. The maximum atomic E-state index is 11.8. The van der Waals surface area contributed by atoms with Crippen LogP contribution in [0.1, 0.15) is 47.1 Å². The molecule has 174 valence electrons. The molecule has 34 heavy (non-hydrogen) atoms. The molecule has 1 atom stereocenters. The van der Waals surface area contributed by atoms with Crippen LogP contribution in [0.4, 0.5) is 11.5 Å². The molecular weight excluding hydrogens is 428 g/mol. The fourth-order valence-corrected chi connectivity index (χ4v) is 4.75. The van der Waals surface area contributed by atoms with Crippen molar-refractivity contribution in [2.45, 2.75) is 31.7 Å². The molecule has 0 amide bonds. The Morgan fingerprint density at radius 2 is 1.97 bits per heavy atom. The van der Waals surface area contributed by atoms with Crippen LogP contribution in [0.25, 0.3) is 17.5 Å². The summed E-state index contributed by atoms with van der Waals surface area (Å²) in [6.45, 7) is 4.29. The number of nitrogens with zero attached hydrogens (tertiary/aromatic N) is 3. The van der Waals surface area contributed by atoms with Crippen LogP contribution in [0.15, 0.2) is 42.9 Å². The number of piperidine rings is 1. The molecule has 2 aliphatic rings. The molecule has 8 heteroatoms. The van der Waals surface area contributed by atoms with E-state index in [1.54, 1.807) is 25.7 Å². The minimum atomic E-state index is -0.490. The first kappa shape index (κ1) is 22.0. The zero-order chi connectivity index (χ0) is 23.5. The SMILES string of the molecule is COc1cncc(-c2cc3c(c(Nc4ccc(C5CCNCC5)c(C)c4)n2)C(C=O)NC=C3)n1. The number of benzene rings is 1. The minimum absolute atomic E-state index is 0.415. The summed E-state index contributed by atoms with van der Waals surface area (Å²) in [4.78, 5) is 25.4. The number of aromatic nitrogens is 3. The van der Waals surface area contributed by atoms with Gasteiger partial charge in [-0.15, -0.1) is 0 Å². The number of nitrogens with one attached hydrogen (secondary N) is 3. The first-order valence-corrected chi connectivity index (χ1v) is 11.5. The van der Waals surface area contributed by atoms with E-state index in [0.29, 0.717) is 29.0 Å². The molecule has 0 spiro atoms. The second kappa shape index (κ2) is 9.61. The molecule has 1 unspecified atom stereocenters. The number of anilines is 2. The Balaban J connectivity index is 1.54. The Kier molecular flexibility index (Phi) is 6.22. The second-order valence-electron chi connectivity index (χ2n) is 8.64. The molecule has 0 saturated carbocycles. The summed E-state index contributed by atoms with van der Waals surface area (Å²) in [6, 6.07) is 7.90. The van der Waals surface area contributed by atoms with Crippen LogP contribution in [0.2, 0.25) is 0 Å². The van der Waals surface area contributed by atoms with Crippen molar-refractivity contribution in [3.63, 3.8) is 0 Å². The highest BCUT2D eigenvalue weighted by atomic mass is 16.5. The van der Waals surface area contributed by atoms with E-state index in [-0.39, 0.29) is 0 Å². The molecule has 0 radical (unpaired) electrons. The summed E-state index contributed by atoms with van der Waals surface area (Å²) < 4.78 is 5.23. The van der Waals surface area contributed by atoms with Gasteiger partial charge >= 0.3 is 0 Å². The summed E-state index contributed by atoms with van der Waals surface area (Å²) in [6.07, 6.45) is 10.1. The molecule has 0 aliphatic carbocycles. The van der Waals surface area contributed by atoms with E-state index < -0.39 is 6.04 Å².